The molecule has 2 rings (SSSR count). The Hall–Kier alpha value is -2.62. The first-order valence-electron chi connectivity index (χ1n) is 7.84. The quantitative estimate of drug-likeness (QED) is 0.510. The molecule has 0 aliphatic heterocycles. The molecule has 2 atom stereocenters. The normalized spacial score (nSPS) is 12.6. The number of carboxylic acid groups (broad SMARTS) is 2. The van der Waals surface area contributed by atoms with Crippen LogP contribution in [0.5, 0.6) is 0 Å². The maximum absolute atomic E-state index is 10.9. The zero-order chi connectivity index (χ0) is 21.6. The van der Waals surface area contributed by atoms with E-state index >= 15 is 0 Å². The second kappa shape index (κ2) is 10.1. The third-order valence-corrected chi connectivity index (χ3v) is 4.34. The lowest BCUT2D eigenvalue weighted by Gasteiger charge is -2.27. The summed E-state index contributed by atoms with van der Waals surface area (Å²) < 4.78 is 0. The predicted molar refractivity (Wildman–Crippen MR) is 97.3 cm³/mol. The zero-order valence-corrected chi connectivity index (χ0v) is 16.2. The van der Waals surface area contributed by atoms with Gasteiger partial charge in [0.05, 0.1) is 21.5 Å². The van der Waals surface area contributed by atoms with Crippen LogP contribution in [0.2, 0.25) is 10.0 Å². The smallest absolute Gasteiger partial charge is 0.295 e. The van der Waals surface area contributed by atoms with Crippen LogP contribution in [-0.4, -0.2) is 33.1 Å². The standard InChI is InChI=1S/C10H6Cl2N2O2.C7H12O5/c11-8-3-1-2-6(10(8)14(15)16)7-4-13-5-9(7)12;1-3(2)4(6(9)10)5(8)7(11)12/h1-5,13H;3-5,8H,1-2H3,(H,9,10)(H,11,12)/p-2. The number of aromatic nitrogens is 1. The fourth-order valence-electron chi connectivity index (χ4n) is 2.38. The third kappa shape index (κ3) is 5.69. The number of H-pyrrole nitrogens is 1. The number of halogens is 2. The van der Waals surface area contributed by atoms with E-state index in [1.165, 1.54) is 19.9 Å². The highest BCUT2D eigenvalue weighted by Crippen LogP contribution is 2.38. The van der Waals surface area contributed by atoms with E-state index < -0.39 is 34.8 Å². The molecule has 1 aromatic carbocycles. The van der Waals surface area contributed by atoms with Crippen LogP contribution in [0.3, 0.4) is 0 Å². The van der Waals surface area contributed by atoms with Crippen molar-refractivity contribution in [1.82, 2.24) is 4.98 Å². The SMILES string of the molecule is CC(C)C(C(=O)[O-])C(O)C(=O)[O-].O=[N+]([O-])c1c(Cl)cccc1-c1c[nH]cc1Cl. The summed E-state index contributed by atoms with van der Waals surface area (Å²) in [5, 5.41) is 40.7. The molecule has 152 valence electrons. The van der Waals surface area contributed by atoms with Crippen molar-refractivity contribution < 1.29 is 29.8 Å². The molecule has 0 amide bonds. The van der Waals surface area contributed by atoms with E-state index in [1.807, 2.05) is 0 Å². The zero-order valence-electron chi connectivity index (χ0n) is 14.7. The average molecular weight is 431 g/mol. The number of hydrogen-bond donors (Lipinski definition) is 2. The Morgan fingerprint density at radius 1 is 1.07 bits per heavy atom. The molecule has 0 radical (unpaired) electrons. The third-order valence-electron chi connectivity index (χ3n) is 3.73. The number of rotatable bonds is 6. The number of nitro groups is 1. The van der Waals surface area contributed by atoms with Gasteiger partial charge in [-0.3, -0.25) is 10.1 Å². The summed E-state index contributed by atoms with van der Waals surface area (Å²) in [4.78, 5) is 33.6. The Morgan fingerprint density at radius 3 is 2.04 bits per heavy atom. The van der Waals surface area contributed by atoms with Crippen LogP contribution < -0.4 is 10.2 Å². The van der Waals surface area contributed by atoms with Gasteiger partial charge in [-0.15, -0.1) is 0 Å². The molecule has 2 aromatic rings. The number of para-hydroxylation sites is 1. The fraction of sp³-hybridized carbons (Fsp3) is 0.294. The van der Waals surface area contributed by atoms with E-state index in [9.17, 15) is 29.9 Å². The lowest BCUT2D eigenvalue weighted by atomic mass is 9.90. The Balaban J connectivity index is 0.000000295. The second-order valence-electron chi connectivity index (χ2n) is 5.96. The van der Waals surface area contributed by atoms with Crippen molar-refractivity contribution in [3.63, 3.8) is 0 Å². The Morgan fingerprint density at radius 2 is 1.68 bits per heavy atom. The van der Waals surface area contributed by atoms with Crippen molar-refractivity contribution in [3.8, 4) is 11.1 Å². The first-order chi connectivity index (χ1) is 13.0. The highest BCUT2D eigenvalue weighted by atomic mass is 35.5. The summed E-state index contributed by atoms with van der Waals surface area (Å²) in [6.07, 6.45) is 1.15. The van der Waals surface area contributed by atoms with Gasteiger partial charge in [0.15, 0.2) is 0 Å². The van der Waals surface area contributed by atoms with E-state index in [-0.39, 0.29) is 10.7 Å². The topological polar surface area (TPSA) is 159 Å². The first-order valence-corrected chi connectivity index (χ1v) is 8.59. The minimum absolute atomic E-state index is 0.0970. The lowest BCUT2D eigenvalue weighted by Crippen LogP contribution is -2.49. The monoisotopic (exact) mass is 430 g/mol. The maximum Gasteiger partial charge on any atom is 0.295 e. The van der Waals surface area contributed by atoms with Crippen molar-refractivity contribution in [1.29, 1.82) is 0 Å². The van der Waals surface area contributed by atoms with Crippen LogP contribution in [0.4, 0.5) is 5.69 Å². The Bertz CT molecular complexity index is 867. The first kappa shape index (κ1) is 23.4. The number of aromatic amines is 1. The molecule has 28 heavy (non-hydrogen) atoms. The number of carboxylic acids is 2. The van der Waals surface area contributed by atoms with Gasteiger partial charge in [0.2, 0.25) is 0 Å². The molecule has 0 spiro atoms. The number of hydrogen-bond acceptors (Lipinski definition) is 7. The summed E-state index contributed by atoms with van der Waals surface area (Å²) in [7, 11) is 0. The van der Waals surface area contributed by atoms with Gasteiger partial charge >= 0.3 is 0 Å². The molecule has 0 bridgehead atoms. The van der Waals surface area contributed by atoms with Gasteiger partial charge in [-0.1, -0.05) is 43.1 Å². The highest BCUT2D eigenvalue weighted by molar-refractivity contribution is 6.35. The van der Waals surface area contributed by atoms with Gasteiger partial charge in [-0.2, -0.15) is 0 Å². The van der Waals surface area contributed by atoms with Crippen molar-refractivity contribution >= 4 is 40.8 Å². The molecule has 1 heterocycles. The van der Waals surface area contributed by atoms with Crippen molar-refractivity contribution in [2.24, 2.45) is 11.8 Å². The van der Waals surface area contributed by atoms with Gasteiger partial charge in [0.25, 0.3) is 5.69 Å². The fourth-order valence-corrected chi connectivity index (χ4v) is 2.84. The average Bonchev–Trinajstić information content (AvgIpc) is 3.00. The molecule has 0 saturated carbocycles. The maximum atomic E-state index is 10.9. The van der Waals surface area contributed by atoms with Gasteiger partial charge in [-0.05, 0) is 18.1 Å². The number of carbonyl (C=O) groups excluding carboxylic acids is 2. The number of nitro benzene ring substituents is 1. The number of aliphatic hydroxyl groups is 1. The second-order valence-corrected chi connectivity index (χ2v) is 6.78. The highest BCUT2D eigenvalue weighted by Gasteiger charge is 2.24. The number of aliphatic carboxylic acids is 2. The van der Waals surface area contributed by atoms with E-state index in [0.717, 1.165) is 0 Å². The predicted octanol–water partition coefficient (Wildman–Crippen LogP) is 1.02. The minimum Gasteiger partial charge on any atom is -0.550 e. The molecule has 0 aliphatic rings. The molecule has 2 N–H and O–H groups in total. The van der Waals surface area contributed by atoms with E-state index in [4.69, 9.17) is 28.3 Å². The molecule has 9 nitrogen and oxygen atoms in total. The summed E-state index contributed by atoms with van der Waals surface area (Å²) in [6.45, 7) is 2.96. The van der Waals surface area contributed by atoms with Gasteiger partial charge in [0.1, 0.15) is 11.1 Å². The van der Waals surface area contributed by atoms with Crippen molar-refractivity contribution in [3.05, 3.63) is 50.8 Å². The van der Waals surface area contributed by atoms with E-state index in [1.54, 1.807) is 24.5 Å². The van der Waals surface area contributed by atoms with Crippen molar-refractivity contribution in [2.75, 3.05) is 0 Å². The van der Waals surface area contributed by atoms with Gasteiger partial charge in [-0.25, -0.2) is 0 Å². The number of nitrogens with one attached hydrogen (secondary N) is 1. The summed E-state index contributed by atoms with van der Waals surface area (Å²) >= 11 is 11.7. The Labute approximate surface area is 169 Å². The summed E-state index contributed by atoms with van der Waals surface area (Å²) in [5.41, 5.74) is 0.838. The number of benzene rings is 1. The van der Waals surface area contributed by atoms with Gasteiger partial charge in [0, 0.05) is 29.8 Å². The van der Waals surface area contributed by atoms with Gasteiger partial charge < -0.3 is 29.9 Å². The van der Waals surface area contributed by atoms with Crippen LogP contribution in [0.15, 0.2) is 30.6 Å². The summed E-state index contributed by atoms with van der Waals surface area (Å²) in [6, 6.07) is 4.73. The summed E-state index contributed by atoms with van der Waals surface area (Å²) in [5.74, 6) is -5.31. The van der Waals surface area contributed by atoms with Crippen LogP contribution >= 0.6 is 23.2 Å². The number of nitrogens with zero attached hydrogens (tertiary/aromatic N) is 1. The van der Waals surface area contributed by atoms with Crippen LogP contribution in [0.1, 0.15) is 13.8 Å². The van der Waals surface area contributed by atoms with Crippen LogP contribution in [0, 0.1) is 22.0 Å². The minimum atomic E-state index is -2.00. The molecule has 0 aliphatic carbocycles. The number of aliphatic hydroxyl groups excluding tert-OH is 1. The Kier molecular flexibility index (Phi) is 8.42. The number of carbonyl (C=O) groups is 2. The molecular weight excluding hydrogens is 415 g/mol. The molecule has 0 saturated heterocycles. The van der Waals surface area contributed by atoms with Crippen LogP contribution in [-0.2, 0) is 9.59 Å². The van der Waals surface area contributed by atoms with E-state index in [2.05, 4.69) is 4.98 Å². The molecule has 11 heteroatoms. The van der Waals surface area contributed by atoms with Crippen molar-refractivity contribution in [2.45, 2.75) is 20.0 Å². The molecular formula is C17H16Cl2N2O7-2. The van der Waals surface area contributed by atoms with Crippen LogP contribution in [0.25, 0.3) is 11.1 Å². The largest absolute Gasteiger partial charge is 0.550 e. The molecule has 0 fully saturated rings. The lowest BCUT2D eigenvalue weighted by molar-refractivity contribution is -0.384. The van der Waals surface area contributed by atoms with E-state index in [0.29, 0.717) is 16.1 Å². The molecule has 2 unspecified atom stereocenters. The molecule has 1 aromatic heterocycles.